The zero-order valence-corrected chi connectivity index (χ0v) is 14.9. The van der Waals surface area contributed by atoms with Crippen molar-refractivity contribution in [2.24, 2.45) is 0 Å². The maximum absolute atomic E-state index is 4.61. The topological polar surface area (TPSA) is 53.6 Å². The van der Waals surface area contributed by atoms with Crippen molar-refractivity contribution in [2.75, 3.05) is 6.54 Å². The molecule has 122 valence electrons. The second-order valence-electron chi connectivity index (χ2n) is 5.06. The van der Waals surface area contributed by atoms with Crippen molar-refractivity contribution in [3.05, 3.63) is 17.4 Å². The second-order valence-corrected chi connectivity index (χ2v) is 5.77. The highest BCUT2D eigenvalue weighted by Crippen LogP contribution is 2.10. The zero-order valence-electron chi connectivity index (χ0n) is 13.2. The minimum absolute atomic E-state index is 0.468. The fourth-order valence-electron chi connectivity index (χ4n) is 1.94. The van der Waals surface area contributed by atoms with E-state index in [0.29, 0.717) is 4.77 Å². The van der Waals surface area contributed by atoms with E-state index >= 15 is 0 Å². The van der Waals surface area contributed by atoms with Crippen LogP contribution in [0.3, 0.4) is 0 Å². The van der Waals surface area contributed by atoms with E-state index in [1.807, 2.05) is 0 Å². The highest BCUT2D eigenvalue weighted by molar-refractivity contribution is 7.78. The van der Waals surface area contributed by atoms with Gasteiger partial charge in [0.2, 0.25) is 0 Å². The number of hydrogen-bond acceptors (Lipinski definition) is 5. The summed E-state index contributed by atoms with van der Waals surface area (Å²) in [5.41, 5.74) is 0. The number of unbranched alkanes of at least 4 members (excludes halogenated alkanes) is 9. The number of hydrogen-bond donors (Lipinski definition) is 3. The molecule has 1 aromatic rings. The molecule has 1 rings (SSSR count). The van der Waals surface area contributed by atoms with Crippen LogP contribution in [0.25, 0.3) is 0 Å². The predicted octanol–water partition coefficient (Wildman–Crippen LogP) is 4.88. The Morgan fingerprint density at radius 1 is 1.05 bits per heavy atom. The number of aromatic amines is 1. The molecule has 0 atom stereocenters. The molecule has 0 saturated heterocycles. The van der Waals surface area contributed by atoms with Crippen LogP contribution in [0.2, 0.25) is 0 Å². The molecular weight excluding hydrogens is 300 g/mol. The van der Waals surface area contributed by atoms with Gasteiger partial charge in [-0.25, -0.2) is 9.97 Å². The lowest BCUT2D eigenvalue weighted by Gasteiger charge is -2.01. The molecule has 0 bridgehead atoms. The number of nitrogens with zero attached hydrogens (tertiary/aromatic N) is 2. The van der Waals surface area contributed by atoms with E-state index in [1.165, 1.54) is 76.9 Å². The van der Waals surface area contributed by atoms with Crippen LogP contribution in [0.15, 0.2) is 12.7 Å². The van der Waals surface area contributed by atoms with Crippen molar-refractivity contribution < 1.29 is 0 Å². The SMILES string of the molecule is CCCCCCCCCCCCNS.S=c1ncnc[nH]1. The second kappa shape index (κ2) is 17.6. The molecule has 2 N–H and O–H groups in total. The van der Waals surface area contributed by atoms with E-state index in [1.54, 1.807) is 0 Å². The summed E-state index contributed by atoms with van der Waals surface area (Å²) in [6, 6.07) is 0. The van der Waals surface area contributed by atoms with Gasteiger partial charge in [0.25, 0.3) is 0 Å². The van der Waals surface area contributed by atoms with E-state index in [9.17, 15) is 0 Å². The minimum atomic E-state index is 0.468. The monoisotopic (exact) mass is 330 g/mol. The number of nitrogens with one attached hydrogen (secondary N) is 2. The smallest absolute Gasteiger partial charge is 0.199 e. The Morgan fingerprint density at radius 2 is 1.62 bits per heavy atom. The molecule has 0 saturated carbocycles. The molecular formula is C15H30N4S2. The normalized spacial score (nSPS) is 10.0. The molecule has 0 aromatic carbocycles. The van der Waals surface area contributed by atoms with Gasteiger partial charge in [-0.05, 0) is 18.6 Å². The van der Waals surface area contributed by atoms with Crippen molar-refractivity contribution in [3.8, 4) is 0 Å². The third kappa shape index (κ3) is 17.5. The van der Waals surface area contributed by atoms with Crippen molar-refractivity contribution in [1.82, 2.24) is 19.7 Å². The Kier molecular flexibility index (Phi) is 17.2. The Balaban J connectivity index is 0.000000471. The van der Waals surface area contributed by atoms with Gasteiger partial charge in [-0.15, -0.1) is 0 Å². The molecule has 0 radical (unpaired) electrons. The number of aromatic nitrogens is 3. The van der Waals surface area contributed by atoms with Gasteiger partial charge in [0.15, 0.2) is 4.77 Å². The molecule has 0 aliphatic heterocycles. The van der Waals surface area contributed by atoms with Gasteiger partial charge in [0, 0.05) is 6.54 Å². The van der Waals surface area contributed by atoms with Gasteiger partial charge >= 0.3 is 0 Å². The number of thiol groups is 1. The van der Waals surface area contributed by atoms with Crippen LogP contribution >= 0.6 is 25.0 Å². The lowest BCUT2D eigenvalue weighted by molar-refractivity contribution is 0.556. The third-order valence-corrected chi connectivity index (χ3v) is 3.59. The summed E-state index contributed by atoms with van der Waals surface area (Å²) in [6.45, 7) is 3.33. The maximum atomic E-state index is 4.61. The average Bonchev–Trinajstić information content (AvgIpc) is 2.51. The van der Waals surface area contributed by atoms with Crippen LogP contribution in [-0.2, 0) is 0 Å². The summed E-state index contributed by atoms with van der Waals surface area (Å²) in [4.78, 5) is 9.86. The van der Waals surface area contributed by atoms with E-state index in [2.05, 4.69) is 51.6 Å². The molecule has 0 fully saturated rings. The highest BCUT2D eigenvalue weighted by Gasteiger charge is 1.91. The molecule has 0 unspecified atom stereocenters. The minimum Gasteiger partial charge on any atom is -0.322 e. The van der Waals surface area contributed by atoms with Crippen molar-refractivity contribution in [2.45, 2.75) is 71.1 Å². The van der Waals surface area contributed by atoms with E-state index in [4.69, 9.17) is 0 Å². The fraction of sp³-hybridized carbons (Fsp3) is 0.800. The molecule has 0 aliphatic carbocycles. The van der Waals surface area contributed by atoms with Crippen molar-refractivity contribution in [1.29, 1.82) is 0 Å². The summed E-state index contributed by atoms with van der Waals surface area (Å²) in [7, 11) is 0. The molecule has 0 spiro atoms. The Hall–Kier alpha value is -0.460. The van der Waals surface area contributed by atoms with Crippen LogP contribution in [0.5, 0.6) is 0 Å². The first-order valence-corrected chi connectivity index (χ1v) is 8.88. The average molecular weight is 331 g/mol. The van der Waals surface area contributed by atoms with Gasteiger partial charge in [-0.3, -0.25) is 4.72 Å². The molecule has 4 nitrogen and oxygen atoms in total. The van der Waals surface area contributed by atoms with Gasteiger partial charge < -0.3 is 4.98 Å². The van der Waals surface area contributed by atoms with E-state index in [-0.39, 0.29) is 0 Å². The summed E-state index contributed by atoms with van der Waals surface area (Å²) in [5, 5.41) is 0. The molecule has 0 amide bonds. The van der Waals surface area contributed by atoms with E-state index < -0.39 is 0 Å². The van der Waals surface area contributed by atoms with Crippen LogP contribution in [0.1, 0.15) is 71.1 Å². The first kappa shape index (κ1) is 20.5. The summed E-state index contributed by atoms with van der Waals surface area (Å²) in [6.07, 6.45) is 16.9. The van der Waals surface area contributed by atoms with Gasteiger partial charge in [-0.2, -0.15) is 0 Å². The number of rotatable bonds is 11. The molecule has 6 heteroatoms. The molecule has 0 aliphatic rings. The summed E-state index contributed by atoms with van der Waals surface area (Å²) >= 11 is 8.57. The number of H-pyrrole nitrogens is 1. The van der Waals surface area contributed by atoms with Crippen molar-refractivity contribution >= 4 is 25.0 Å². The standard InChI is InChI=1S/C12H27NS.C3H3N3S/c1-2-3-4-5-6-7-8-9-10-11-12-13-14;7-3-5-1-4-2-6-3/h13-14H,2-12H2,1H3;1-2H,(H,4,5,6,7). The van der Waals surface area contributed by atoms with Crippen LogP contribution in [0.4, 0.5) is 0 Å². The summed E-state index contributed by atoms with van der Waals surface area (Å²) in [5.74, 6) is 0. The lowest BCUT2D eigenvalue weighted by atomic mass is 10.1. The summed E-state index contributed by atoms with van der Waals surface area (Å²) < 4.78 is 3.35. The van der Waals surface area contributed by atoms with E-state index in [0.717, 1.165) is 6.54 Å². The first-order valence-electron chi connectivity index (χ1n) is 8.03. The van der Waals surface area contributed by atoms with Gasteiger partial charge in [0.1, 0.15) is 6.33 Å². The van der Waals surface area contributed by atoms with Crippen LogP contribution in [0, 0.1) is 4.77 Å². The lowest BCUT2D eigenvalue weighted by Crippen LogP contribution is -1.99. The predicted molar refractivity (Wildman–Crippen MR) is 96.0 cm³/mol. The van der Waals surface area contributed by atoms with Crippen molar-refractivity contribution in [3.63, 3.8) is 0 Å². The maximum Gasteiger partial charge on any atom is 0.199 e. The van der Waals surface area contributed by atoms with Gasteiger partial charge in [0.05, 0.1) is 6.33 Å². The molecule has 1 aromatic heterocycles. The Bertz CT molecular complexity index is 328. The fourth-order valence-corrected chi connectivity index (χ4v) is 2.20. The van der Waals surface area contributed by atoms with Crippen LogP contribution in [-0.4, -0.2) is 21.5 Å². The molecule has 1 heterocycles. The highest BCUT2D eigenvalue weighted by atomic mass is 32.1. The largest absolute Gasteiger partial charge is 0.322 e. The quantitative estimate of drug-likeness (QED) is 0.308. The zero-order chi connectivity index (χ0) is 15.6. The van der Waals surface area contributed by atoms with Gasteiger partial charge in [-0.1, -0.05) is 77.5 Å². The Labute approximate surface area is 140 Å². The van der Waals surface area contributed by atoms with Crippen LogP contribution < -0.4 is 4.72 Å². The Morgan fingerprint density at radius 3 is 2.00 bits per heavy atom. The third-order valence-electron chi connectivity index (χ3n) is 3.15. The first-order chi connectivity index (χ1) is 10.3. The molecule has 21 heavy (non-hydrogen) atoms.